The lowest BCUT2D eigenvalue weighted by atomic mass is 10.1. The minimum Gasteiger partial charge on any atom is -0.438 e. The van der Waals surface area contributed by atoms with Gasteiger partial charge in [-0.3, -0.25) is 9.79 Å². The van der Waals surface area contributed by atoms with E-state index < -0.39 is 18.2 Å². The molecule has 9 heteroatoms. The highest BCUT2D eigenvalue weighted by molar-refractivity contribution is 5.77. The second-order valence-electron chi connectivity index (χ2n) is 4.64. The van der Waals surface area contributed by atoms with Gasteiger partial charge in [-0.15, -0.1) is 0 Å². The Kier molecular flexibility index (Phi) is 9.69. The van der Waals surface area contributed by atoms with Gasteiger partial charge in [-0.1, -0.05) is 13.3 Å². The number of ether oxygens (including phenoxy) is 1. The van der Waals surface area contributed by atoms with Gasteiger partial charge in [0.1, 0.15) is 6.04 Å². The van der Waals surface area contributed by atoms with Crippen LogP contribution in [-0.4, -0.2) is 36.7 Å². The number of carbonyl (C=O) groups is 1. The number of unbranched alkanes of at least 4 members (excludes halogenated alkanes) is 1. The third-order valence-electron chi connectivity index (χ3n) is 2.60. The fourth-order valence-corrected chi connectivity index (χ4v) is 1.59. The van der Waals surface area contributed by atoms with Crippen molar-refractivity contribution in [3.8, 4) is 0 Å². The summed E-state index contributed by atoms with van der Waals surface area (Å²) in [4.78, 5) is 19.5. The van der Waals surface area contributed by atoms with Crippen LogP contribution < -0.4 is 28.7 Å². The summed E-state index contributed by atoms with van der Waals surface area (Å²) < 4.78 is 5.18. The van der Waals surface area contributed by atoms with Crippen molar-refractivity contribution in [2.75, 3.05) is 6.54 Å². The van der Waals surface area contributed by atoms with Gasteiger partial charge in [0.15, 0.2) is 18.1 Å². The first-order chi connectivity index (χ1) is 9.86. The van der Waals surface area contributed by atoms with Crippen LogP contribution in [0.5, 0.6) is 0 Å². The third kappa shape index (κ3) is 10.4. The summed E-state index contributed by atoms with van der Waals surface area (Å²) in [7, 11) is 0. The van der Waals surface area contributed by atoms with Crippen molar-refractivity contribution in [3.05, 3.63) is 0 Å². The molecule has 0 aromatic heterocycles. The predicted octanol–water partition coefficient (Wildman–Crippen LogP) is -1.30. The second-order valence-corrected chi connectivity index (χ2v) is 4.64. The molecule has 0 bridgehead atoms. The van der Waals surface area contributed by atoms with E-state index >= 15 is 0 Å². The zero-order valence-electron chi connectivity index (χ0n) is 12.5. The van der Waals surface area contributed by atoms with Gasteiger partial charge in [-0.2, -0.15) is 0 Å². The SMILES string of the molecule is CCCC(N=C(N)N)OC(=O)[C@@H](N)CCCCN=C(N)N. The average Bonchev–Trinajstić information content (AvgIpc) is 2.37. The Labute approximate surface area is 125 Å². The molecule has 0 aliphatic rings. The monoisotopic (exact) mass is 301 g/mol. The van der Waals surface area contributed by atoms with Crippen LogP contribution in [0.25, 0.3) is 0 Å². The number of aliphatic imine (C=N–C) groups is 2. The fourth-order valence-electron chi connectivity index (χ4n) is 1.59. The smallest absolute Gasteiger partial charge is 0.324 e. The second kappa shape index (κ2) is 10.7. The van der Waals surface area contributed by atoms with Crippen molar-refractivity contribution >= 4 is 17.9 Å². The maximum Gasteiger partial charge on any atom is 0.324 e. The van der Waals surface area contributed by atoms with E-state index in [1.807, 2.05) is 6.92 Å². The van der Waals surface area contributed by atoms with E-state index in [0.717, 1.165) is 12.8 Å². The van der Waals surface area contributed by atoms with Gasteiger partial charge in [-0.25, -0.2) is 4.99 Å². The van der Waals surface area contributed by atoms with E-state index in [1.165, 1.54) is 0 Å². The Bertz CT molecular complexity index is 363. The lowest BCUT2D eigenvalue weighted by Gasteiger charge is -2.16. The predicted molar refractivity (Wildman–Crippen MR) is 83.1 cm³/mol. The molecule has 9 nitrogen and oxygen atoms in total. The number of carbonyl (C=O) groups excluding carboxylic acids is 1. The first kappa shape index (κ1) is 19.0. The van der Waals surface area contributed by atoms with Crippen LogP contribution in [0.1, 0.15) is 39.0 Å². The van der Waals surface area contributed by atoms with Gasteiger partial charge in [-0.05, 0) is 19.3 Å². The van der Waals surface area contributed by atoms with Crippen molar-refractivity contribution in [2.24, 2.45) is 38.7 Å². The Morgan fingerprint density at radius 1 is 1.10 bits per heavy atom. The quantitative estimate of drug-likeness (QED) is 0.144. The van der Waals surface area contributed by atoms with E-state index in [-0.39, 0.29) is 11.9 Å². The molecule has 122 valence electrons. The van der Waals surface area contributed by atoms with Crippen molar-refractivity contribution in [1.82, 2.24) is 0 Å². The Hall–Kier alpha value is -2.03. The molecule has 0 heterocycles. The third-order valence-corrected chi connectivity index (χ3v) is 2.60. The zero-order valence-corrected chi connectivity index (χ0v) is 12.5. The van der Waals surface area contributed by atoms with Gasteiger partial charge in [0, 0.05) is 13.0 Å². The number of hydrogen-bond acceptors (Lipinski definition) is 5. The summed E-state index contributed by atoms with van der Waals surface area (Å²) in [6.07, 6.45) is 2.59. The van der Waals surface area contributed by atoms with Crippen LogP contribution in [0.3, 0.4) is 0 Å². The van der Waals surface area contributed by atoms with E-state index in [9.17, 15) is 4.79 Å². The molecule has 0 aromatic carbocycles. The minimum atomic E-state index is -0.710. The number of nitrogens with zero attached hydrogens (tertiary/aromatic N) is 2. The minimum absolute atomic E-state index is 0.0540. The van der Waals surface area contributed by atoms with Crippen molar-refractivity contribution in [3.63, 3.8) is 0 Å². The molecule has 0 aromatic rings. The van der Waals surface area contributed by atoms with Gasteiger partial charge in [0.25, 0.3) is 0 Å². The maximum atomic E-state index is 11.8. The maximum absolute atomic E-state index is 11.8. The summed E-state index contributed by atoms with van der Waals surface area (Å²) in [6.45, 7) is 2.45. The topological polar surface area (TPSA) is 181 Å². The molecule has 21 heavy (non-hydrogen) atoms. The highest BCUT2D eigenvalue weighted by atomic mass is 16.6. The number of rotatable bonds is 10. The summed E-state index contributed by atoms with van der Waals surface area (Å²) in [5, 5.41) is 0. The largest absolute Gasteiger partial charge is 0.438 e. The molecular weight excluding hydrogens is 274 g/mol. The van der Waals surface area contributed by atoms with Crippen molar-refractivity contribution in [2.45, 2.75) is 51.3 Å². The van der Waals surface area contributed by atoms with Gasteiger partial charge >= 0.3 is 5.97 Å². The summed E-state index contributed by atoms with van der Waals surface area (Å²) in [5.41, 5.74) is 26.7. The highest BCUT2D eigenvalue weighted by Crippen LogP contribution is 2.08. The van der Waals surface area contributed by atoms with Crippen LogP contribution in [0, 0.1) is 0 Å². The van der Waals surface area contributed by atoms with E-state index in [2.05, 4.69) is 9.98 Å². The molecule has 0 fully saturated rings. The zero-order chi connectivity index (χ0) is 16.3. The Morgan fingerprint density at radius 3 is 2.29 bits per heavy atom. The molecule has 0 saturated heterocycles. The average molecular weight is 301 g/mol. The van der Waals surface area contributed by atoms with E-state index in [0.29, 0.717) is 25.8 Å². The normalized spacial score (nSPS) is 13.0. The fraction of sp³-hybridized carbons (Fsp3) is 0.750. The summed E-state index contributed by atoms with van der Waals surface area (Å²) in [6, 6.07) is -0.710. The lowest BCUT2D eigenvalue weighted by molar-refractivity contribution is -0.150. The number of esters is 1. The van der Waals surface area contributed by atoms with Crippen LogP contribution in [-0.2, 0) is 9.53 Å². The molecule has 0 saturated carbocycles. The molecule has 2 atom stereocenters. The summed E-state index contributed by atoms with van der Waals surface area (Å²) in [5.74, 6) is -0.578. The van der Waals surface area contributed by atoms with E-state index in [4.69, 9.17) is 33.4 Å². The summed E-state index contributed by atoms with van der Waals surface area (Å²) >= 11 is 0. The molecule has 0 aliphatic heterocycles. The lowest BCUT2D eigenvalue weighted by Crippen LogP contribution is -2.36. The molecule has 0 radical (unpaired) electrons. The molecule has 10 N–H and O–H groups in total. The van der Waals surface area contributed by atoms with Gasteiger partial charge in [0.2, 0.25) is 0 Å². The van der Waals surface area contributed by atoms with Crippen LogP contribution >= 0.6 is 0 Å². The van der Waals surface area contributed by atoms with Crippen LogP contribution in [0.15, 0.2) is 9.98 Å². The van der Waals surface area contributed by atoms with Crippen LogP contribution in [0.2, 0.25) is 0 Å². The Morgan fingerprint density at radius 2 is 1.76 bits per heavy atom. The first-order valence-corrected chi connectivity index (χ1v) is 6.97. The van der Waals surface area contributed by atoms with Crippen molar-refractivity contribution in [1.29, 1.82) is 0 Å². The van der Waals surface area contributed by atoms with E-state index in [1.54, 1.807) is 0 Å². The first-order valence-electron chi connectivity index (χ1n) is 6.97. The van der Waals surface area contributed by atoms with Crippen LogP contribution in [0.4, 0.5) is 0 Å². The standard InChI is InChI=1S/C12H27N7O2/c1-2-5-9(19-12(16)17)21-10(20)8(13)6-3-4-7-18-11(14)15/h8-9H,2-7,13H2,1H3,(H4,14,15,18)(H4,16,17,19)/t8-,9?/m0/s1. The molecule has 1 unspecified atom stereocenters. The molecule has 0 spiro atoms. The highest BCUT2D eigenvalue weighted by Gasteiger charge is 2.19. The number of nitrogens with two attached hydrogens (primary N) is 5. The van der Waals surface area contributed by atoms with Gasteiger partial charge < -0.3 is 33.4 Å². The molecule has 0 amide bonds. The van der Waals surface area contributed by atoms with Gasteiger partial charge in [0.05, 0.1) is 0 Å². The molecule has 0 aliphatic carbocycles. The van der Waals surface area contributed by atoms with Crippen molar-refractivity contribution < 1.29 is 9.53 Å². The molecule has 0 rings (SSSR count). The number of hydrogen-bond donors (Lipinski definition) is 5. The number of guanidine groups is 2. The Balaban J connectivity index is 4.12. The molecular formula is C12H27N7O2.